The summed E-state index contributed by atoms with van der Waals surface area (Å²) in [6, 6.07) is 8.80. The van der Waals surface area contributed by atoms with Crippen LogP contribution in [0, 0.1) is 33.1 Å². The van der Waals surface area contributed by atoms with Gasteiger partial charge in [-0.1, -0.05) is 0 Å². The van der Waals surface area contributed by atoms with E-state index in [2.05, 4.69) is 5.32 Å². The Labute approximate surface area is 118 Å². The van der Waals surface area contributed by atoms with Crippen LogP contribution in [0.15, 0.2) is 36.4 Å². The van der Waals surface area contributed by atoms with Crippen LogP contribution >= 0.6 is 0 Å². The Bertz CT molecular complexity index is 741. The Morgan fingerprint density at radius 2 is 2.00 bits per heavy atom. The Hall–Kier alpha value is -3.01. The van der Waals surface area contributed by atoms with Gasteiger partial charge in [0.15, 0.2) is 0 Å². The van der Waals surface area contributed by atoms with Gasteiger partial charge in [-0.15, -0.1) is 0 Å². The van der Waals surface area contributed by atoms with Crippen LogP contribution in [0.25, 0.3) is 0 Å². The quantitative estimate of drug-likeness (QED) is 0.691. The maximum atomic E-state index is 13.3. The van der Waals surface area contributed by atoms with Crippen LogP contribution in [0.2, 0.25) is 0 Å². The van der Waals surface area contributed by atoms with E-state index in [1.807, 2.05) is 0 Å². The molecular formula is C14H9F2N3O2. The Morgan fingerprint density at radius 3 is 2.67 bits per heavy atom. The Balaban J connectivity index is 2.17. The lowest BCUT2D eigenvalue weighted by atomic mass is 10.1. The third-order valence-electron chi connectivity index (χ3n) is 2.74. The summed E-state index contributed by atoms with van der Waals surface area (Å²) in [4.78, 5) is 9.96. The minimum atomic E-state index is -0.710. The van der Waals surface area contributed by atoms with E-state index in [-0.39, 0.29) is 17.8 Å². The van der Waals surface area contributed by atoms with Crippen molar-refractivity contribution in [1.82, 2.24) is 0 Å². The van der Waals surface area contributed by atoms with Crippen LogP contribution in [0.1, 0.15) is 11.1 Å². The summed E-state index contributed by atoms with van der Waals surface area (Å²) < 4.78 is 26.4. The van der Waals surface area contributed by atoms with Crippen LogP contribution in [-0.4, -0.2) is 4.92 Å². The van der Waals surface area contributed by atoms with Crippen LogP contribution in [-0.2, 0) is 6.54 Å². The molecule has 0 fully saturated rings. The number of anilines is 1. The molecule has 0 aromatic heterocycles. The Kier molecular flexibility index (Phi) is 4.09. The number of benzene rings is 2. The van der Waals surface area contributed by atoms with Gasteiger partial charge in [-0.25, -0.2) is 8.78 Å². The van der Waals surface area contributed by atoms with Gasteiger partial charge < -0.3 is 5.32 Å². The molecule has 0 radical (unpaired) electrons. The molecule has 0 amide bonds. The molecule has 2 aromatic carbocycles. The van der Waals surface area contributed by atoms with Gasteiger partial charge >= 0.3 is 0 Å². The van der Waals surface area contributed by atoms with Crippen molar-refractivity contribution in [3.63, 3.8) is 0 Å². The first kappa shape index (κ1) is 14.4. The molecule has 2 rings (SSSR count). The monoisotopic (exact) mass is 289 g/mol. The highest BCUT2D eigenvalue weighted by Crippen LogP contribution is 2.19. The molecule has 0 bridgehead atoms. The molecule has 0 heterocycles. The summed E-state index contributed by atoms with van der Waals surface area (Å²) in [6.07, 6.45) is 0. The van der Waals surface area contributed by atoms with Gasteiger partial charge in [-0.05, 0) is 29.8 Å². The maximum Gasteiger partial charge on any atom is 0.272 e. The zero-order valence-corrected chi connectivity index (χ0v) is 10.6. The standard InChI is InChI=1S/C14H9F2N3O2/c15-11-3-9(4-13(6-11)19(20)21)8-18-12-1-2-14(16)10(5-12)7-17/h1-6,18H,8H2. The zero-order chi connectivity index (χ0) is 15.4. The predicted octanol–water partition coefficient (Wildman–Crippen LogP) is 3.36. The lowest BCUT2D eigenvalue weighted by molar-refractivity contribution is -0.385. The topological polar surface area (TPSA) is 79.0 Å². The fourth-order valence-electron chi connectivity index (χ4n) is 1.77. The average Bonchev–Trinajstić information content (AvgIpc) is 2.45. The molecular weight excluding hydrogens is 280 g/mol. The SMILES string of the molecule is N#Cc1cc(NCc2cc(F)cc([N+](=O)[O-])c2)ccc1F. The van der Waals surface area contributed by atoms with Crippen molar-refractivity contribution in [1.29, 1.82) is 5.26 Å². The highest BCUT2D eigenvalue weighted by Gasteiger charge is 2.10. The molecule has 0 unspecified atom stereocenters. The number of nitrogens with one attached hydrogen (secondary N) is 1. The molecule has 0 atom stereocenters. The van der Waals surface area contributed by atoms with E-state index in [1.165, 1.54) is 18.2 Å². The number of nitriles is 1. The fourth-order valence-corrected chi connectivity index (χ4v) is 1.77. The number of non-ortho nitro benzene ring substituents is 1. The minimum Gasteiger partial charge on any atom is -0.381 e. The number of nitro benzene ring substituents is 1. The van der Waals surface area contributed by atoms with E-state index in [4.69, 9.17) is 5.26 Å². The van der Waals surface area contributed by atoms with Crippen molar-refractivity contribution in [3.8, 4) is 6.07 Å². The smallest absolute Gasteiger partial charge is 0.272 e. The van der Waals surface area contributed by atoms with E-state index in [9.17, 15) is 18.9 Å². The van der Waals surface area contributed by atoms with E-state index in [0.29, 0.717) is 11.3 Å². The number of hydrogen-bond acceptors (Lipinski definition) is 4. The molecule has 0 spiro atoms. The van der Waals surface area contributed by atoms with Gasteiger partial charge in [0.25, 0.3) is 5.69 Å². The van der Waals surface area contributed by atoms with Crippen LogP contribution in [0.5, 0.6) is 0 Å². The molecule has 106 valence electrons. The van der Waals surface area contributed by atoms with Gasteiger partial charge in [0.2, 0.25) is 0 Å². The summed E-state index contributed by atoms with van der Waals surface area (Å²) in [5, 5.41) is 22.2. The van der Waals surface area contributed by atoms with E-state index in [0.717, 1.165) is 18.2 Å². The number of rotatable bonds is 4. The van der Waals surface area contributed by atoms with Crippen molar-refractivity contribution < 1.29 is 13.7 Å². The summed E-state index contributed by atoms with van der Waals surface area (Å²) in [6.45, 7) is 0.106. The molecule has 0 aliphatic rings. The molecule has 0 aliphatic carbocycles. The molecule has 1 N–H and O–H groups in total. The third-order valence-corrected chi connectivity index (χ3v) is 2.74. The zero-order valence-electron chi connectivity index (χ0n) is 10.6. The van der Waals surface area contributed by atoms with Crippen LogP contribution in [0.3, 0.4) is 0 Å². The van der Waals surface area contributed by atoms with Gasteiger partial charge in [-0.3, -0.25) is 10.1 Å². The lowest BCUT2D eigenvalue weighted by Gasteiger charge is -2.07. The first-order valence-electron chi connectivity index (χ1n) is 5.87. The molecule has 0 aliphatic heterocycles. The second-order valence-electron chi connectivity index (χ2n) is 4.23. The molecule has 21 heavy (non-hydrogen) atoms. The van der Waals surface area contributed by atoms with E-state index in [1.54, 1.807) is 6.07 Å². The van der Waals surface area contributed by atoms with Gasteiger partial charge in [0, 0.05) is 18.3 Å². The molecule has 7 heteroatoms. The lowest BCUT2D eigenvalue weighted by Crippen LogP contribution is -2.02. The van der Waals surface area contributed by atoms with E-state index >= 15 is 0 Å². The second-order valence-corrected chi connectivity index (χ2v) is 4.23. The van der Waals surface area contributed by atoms with E-state index < -0.39 is 16.6 Å². The third kappa shape index (κ3) is 3.51. The molecule has 0 saturated carbocycles. The number of hydrogen-bond donors (Lipinski definition) is 1. The van der Waals surface area contributed by atoms with Crippen molar-refractivity contribution in [2.24, 2.45) is 0 Å². The van der Waals surface area contributed by atoms with Gasteiger partial charge in [0.1, 0.15) is 17.7 Å². The summed E-state index contributed by atoms with van der Waals surface area (Å²) in [7, 11) is 0. The maximum absolute atomic E-state index is 13.3. The normalized spacial score (nSPS) is 9.95. The minimum absolute atomic E-state index is 0.106. The summed E-state index contributed by atoms with van der Waals surface area (Å²) in [5.41, 5.74) is 0.359. The average molecular weight is 289 g/mol. The highest BCUT2D eigenvalue weighted by atomic mass is 19.1. The van der Waals surface area contributed by atoms with Gasteiger partial charge in [-0.2, -0.15) is 5.26 Å². The largest absolute Gasteiger partial charge is 0.381 e. The highest BCUT2D eigenvalue weighted by molar-refractivity contribution is 5.50. The van der Waals surface area contributed by atoms with Crippen molar-refractivity contribution in [3.05, 3.63) is 69.3 Å². The molecule has 0 saturated heterocycles. The first-order chi connectivity index (χ1) is 9.99. The summed E-state index contributed by atoms with van der Waals surface area (Å²) in [5.74, 6) is -1.35. The molecule has 2 aromatic rings. The Morgan fingerprint density at radius 1 is 1.24 bits per heavy atom. The molecule has 5 nitrogen and oxygen atoms in total. The summed E-state index contributed by atoms with van der Waals surface area (Å²) >= 11 is 0. The predicted molar refractivity (Wildman–Crippen MR) is 71.5 cm³/mol. The fraction of sp³-hybridized carbons (Fsp3) is 0.0714. The van der Waals surface area contributed by atoms with Gasteiger partial charge in [0.05, 0.1) is 16.6 Å². The van der Waals surface area contributed by atoms with Crippen LogP contribution < -0.4 is 5.32 Å². The number of nitrogens with zero attached hydrogens (tertiary/aromatic N) is 2. The first-order valence-corrected chi connectivity index (χ1v) is 5.87. The van der Waals surface area contributed by atoms with Crippen molar-refractivity contribution in [2.75, 3.05) is 5.32 Å². The van der Waals surface area contributed by atoms with Crippen molar-refractivity contribution >= 4 is 11.4 Å². The van der Waals surface area contributed by atoms with Crippen LogP contribution in [0.4, 0.5) is 20.2 Å². The number of halogens is 2. The second kappa shape index (κ2) is 5.96. The van der Waals surface area contributed by atoms with Crippen molar-refractivity contribution in [2.45, 2.75) is 6.54 Å². The number of nitro groups is 1.